The van der Waals surface area contributed by atoms with E-state index in [0.29, 0.717) is 26.1 Å². The van der Waals surface area contributed by atoms with Gasteiger partial charge in [0.2, 0.25) is 0 Å². The number of alkyl halides is 3. The van der Waals surface area contributed by atoms with Crippen LogP contribution in [0.4, 0.5) is 18.9 Å². The lowest BCUT2D eigenvalue weighted by Crippen LogP contribution is -2.34. The summed E-state index contributed by atoms with van der Waals surface area (Å²) in [7, 11) is 0. The van der Waals surface area contributed by atoms with E-state index in [0.717, 1.165) is 46.7 Å². The summed E-state index contributed by atoms with van der Waals surface area (Å²) in [5.74, 6) is 0.869. The Bertz CT molecular complexity index is 1120. The van der Waals surface area contributed by atoms with Gasteiger partial charge in [0.1, 0.15) is 5.75 Å². The summed E-state index contributed by atoms with van der Waals surface area (Å²) in [6, 6.07) is 21.4. The molecule has 3 aromatic carbocycles. The number of nitrogens with zero attached hydrogens (tertiary/aromatic N) is 1. The van der Waals surface area contributed by atoms with Crippen molar-refractivity contribution in [2.24, 2.45) is 5.73 Å². The first-order valence-electron chi connectivity index (χ1n) is 14.7. The molecule has 218 valence electrons. The molecule has 0 aromatic heterocycles. The van der Waals surface area contributed by atoms with Gasteiger partial charge in [-0.1, -0.05) is 100 Å². The number of hydrogen-bond donors (Lipinski definition) is 1. The van der Waals surface area contributed by atoms with Crippen molar-refractivity contribution in [3.05, 3.63) is 95.1 Å². The van der Waals surface area contributed by atoms with Gasteiger partial charge in [0.05, 0.1) is 12.2 Å². The van der Waals surface area contributed by atoms with Gasteiger partial charge in [-0.25, -0.2) is 0 Å². The van der Waals surface area contributed by atoms with Crippen molar-refractivity contribution in [2.45, 2.75) is 83.9 Å². The van der Waals surface area contributed by atoms with E-state index in [9.17, 15) is 13.2 Å². The standard InChI is InChI=1S/C34H45F3N2O/c1-3-4-5-6-7-8-9-13-24-40-33-25-31(21-16-27(33)2)39(26-32(38)29-14-11-10-12-15-29)23-22-28-17-19-30(20-18-28)34(35,36)37/h10-12,14-21,25,32H,3-9,13,22-24,26,38H2,1-2H3/t32-/m1/s1. The van der Waals surface area contributed by atoms with Crippen LogP contribution in [0.5, 0.6) is 5.75 Å². The molecule has 0 aliphatic heterocycles. The topological polar surface area (TPSA) is 38.5 Å². The molecule has 0 fully saturated rings. The van der Waals surface area contributed by atoms with Gasteiger partial charge in [-0.15, -0.1) is 0 Å². The van der Waals surface area contributed by atoms with Gasteiger partial charge in [-0.2, -0.15) is 13.2 Å². The molecule has 0 radical (unpaired) electrons. The molecule has 40 heavy (non-hydrogen) atoms. The molecule has 0 bridgehead atoms. The predicted octanol–water partition coefficient (Wildman–Crippen LogP) is 9.28. The Hall–Kier alpha value is -2.99. The number of ether oxygens (including phenoxy) is 1. The second-order valence-electron chi connectivity index (χ2n) is 10.7. The molecule has 0 unspecified atom stereocenters. The number of halogens is 3. The fraction of sp³-hybridized carbons (Fsp3) is 0.471. The summed E-state index contributed by atoms with van der Waals surface area (Å²) in [5.41, 5.74) is 9.95. The molecule has 0 aliphatic carbocycles. The van der Waals surface area contributed by atoms with Crippen LogP contribution in [0.1, 0.15) is 86.6 Å². The van der Waals surface area contributed by atoms with Crippen molar-refractivity contribution in [2.75, 3.05) is 24.6 Å². The Balaban J connectivity index is 1.65. The first-order chi connectivity index (χ1) is 19.3. The number of aryl methyl sites for hydroxylation is 1. The molecular formula is C34H45F3N2O. The SMILES string of the molecule is CCCCCCCCCCOc1cc(N(CCc2ccc(C(F)(F)F)cc2)C[C@@H](N)c2ccccc2)ccc1C. The van der Waals surface area contributed by atoms with Crippen molar-refractivity contribution < 1.29 is 17.9 Å². The molecule has 0 saturated carbocycles. The fourth-order valence-electron chi connectivity index (χ4n) is 4.85. The number of anilines is 1. The number of hydrogen-bond acceptors (Lipinski definition) is 3. The average molecular weight is 555 g/mol. The van der Waals surface area contributed by atoms with Crippen LogP contribution in [-0.2, 0) is 12.6 Å². The molecular weight excluding hydrogens is 509 g/mol. The van der Waals surface area contributed by atoms with E-state index in [4.69, 9.17) is 10.5 Å². The number of nitrogens with two attached hydrogens (primary N) is 1. The van der Waals surface area contributed by atoms with Crippen LogP contribution in [0.25, 0.3) is 0 Å². The molecule has 3 nitrogen and oxygen atoms in total. The van der Waals surface area contributed by atoms with Crippen molar-refractivity contribution in [3.63, 3.8) is 0 Å². The van der Waals surface area contributed by atoms with E-state index in [1.165, 1.54) is 44.9 Å². The first kappa shape index (κ1) is 31.5. The Labute approximate surface area is 238 Å². The summed E-state index contributed by atoms with van der Waals surface area (Å²) in [6.07, 6.45) is 6.29. The average Bonchev–Trinajstić information content (AvgIpc) is 2.95. The van der Waals surface area contributed by atoms with Gasteiger partial charge in [0.15, 0.2) is 0 Å². The zero-order chi connectivity index (χ0) is 28.8. The van der Waals surface area contributed by atoms with Gasteiger partial charge < -0.3 is 15.4 Å². The molecule has 0 spiro atoms. The Morgan fingerprint density at radius 2 is 1.48 bits per heavy atom. The normalized spacial score (nSPS) is 12.3. The lowest BCUT2D eigenvalue weighted by atomic mass is 10.1. The van der Waals surface area contributed by atoms with Crippen LogP contribution in [0, 0.1) is 6.92 Å². The zero-order valence-electron chi connectivity index (χ0n) is 24.1. The van der Waals surface area contributed by atoms with Crippen LogP contribution in [-0.4, -0.2) is 19.7 Å². The Morgan fingerprint density at radius 3 is 2.12 bits per heavy atom. The minimum Gasteiger partial charge on any atom is -0.493 e. The van der Waals surface area contributed by atoms with Crippen molar-refractivity contribution >= 4 is 5.69 Å². The predicted molar refractivity (Wildman–Crippen MR) is 160 cm³/mol. The summed E-state index contributed by atoms with van der Waals surface area (Å²) < 4.78 is 45.2. The minimum atomic E-state index is -4.33. The van der Waals surface area contributed by atoms with Gasteiger partial charge in [-0.3, -0.25) is 0 Å². The van der Waals surface area contributed by atoms with E-state index in [1.54, 1.807) is 12.1 Å². The highest BCUT2D eigenvalue weighted by molar-refractivity contribution is 5.54. The maximum absolute atomic E-state index is 13.0. The Morgan fingerprint density at radius 1 is 0.825 bits per heavy atom. The number of rotatable bonds is 17. The van der Waals surface area contributed by atoms with Crippen molar-refractivity contribution in [1.29, 1.82) is 0 Å². The highest BCUT2D eigenvalue weighted by Gasteiger charge is 2.29. The summed E-state index contributed by atoms with van der Waals surface area (Å²) in [6.45, 7) is 6.17. The van der Waals surface area contributed by atoms with Crippen LogP contribution >= 0.6 is 0 Å². The molecule has 3 rings (SSSR count). The molecule has 1 atom stereocenters. The van der Waals surface area contributed by atoms with Crippen LogP contribution in [0.2, 0.25) is 0 Å². The number of unbranched alkanes of at least 4 members (excludes halogenated alkanes) is 7. The molecule has 3 aromatic rings. The van der Waals surface area contributed by atoms with Gasteiger partial charge in [0, 0.05) is 30.9 Å². The Kier molecular flexibility index (Phi) is 12.9. The van der Waals surface area contributed by atoms with Crippen LogP contribution in [0.3, 0.4) is 0 Å². The summed E-state index contributed by atoms with van der Waals surface area (Å²) >= 11 is 0. The van der Waals surface area contributed by atoms with E-state index in [2.05, 4.69) is 36.9 Å². The molecule has 2 N–H and O–H groups in total. The lowest BCUT2D eigenvalue weighted by molar-refractivity contribution is -0.137. The van der Waals surface area contributed by atoms with Crippen molar-refractivity contribution in [3.8, 4) is 5.75 Å². The molecule has 6 heteroatoms. The largest absolute Gasteiger partial charge is 0.493 e. The van der Waals surface area contributed by atoms with E-state index < -0.39 is 11.7 Å². The van der Waals surface area contributed by atoms with E-state index >= 15 is 0 Å². The van der Waals surface area contributed by atoms with Gasteiger partial charge in [-0.05, 0) is 54.7 Å². The quantitative estimate of drug-likeness (QED) is 0.169. The minimum absolute atomic E-state index is 0.211. The second kappa shape index (κ2) is 16.3. The monoisotopic (exact) mass is 554 g/mol. The third-order valence-corrected chi connectivity index (χ3v) is 7.39. The third kappa shape index (κ3) is 10.5. The second-order valence-corrected chi connectivity index (χ2v) is 10.7. The van der Waals surface area contributed by atoms with Gasteiger partial charge >= 0.3 is 6.18 Å². The zero-order valence-corrected chi connectivity index (χ0v) is 24.1. The lowest BCUT2D eigenvalue weighted by Gasteiger charge is -2.29. The first-order valence-corrected chi connectivity index (χ1v) is 14.7. The highest BCUT2D eigenvalue weighted by atomic mass is 19.4. The van der Waals surface area contributed by atoms with E-state index in [1.807, 2.05) is 30.3 Å². The summed E-state index contributed by atoms with van der Waals surface area (Å²) in [5, 5.41) is 0. The highest BCUT2D eigenvalue weighted by Crippen LogP contribution is 2.30. The van der Waals surface area contributed by atoms with Crippen LogP contribution < -0.4 is 15.4 Å². The maximum Gasteiger partial charge on any atom is 0.416 e. The molecule has 0 aliphatic rings. The molecule has 0 saturated heterocycles. The van der Waals surface area contributed by atoms with E-state index in [-0.39, 0.29) is 6.04 Å². The fourth-order valence-corrected chi connectivity index (χ4v) is 4.85. The molecule has 0 amide bonds. The van der Waals surface area contributed by atoms with Gasteiger partial charge in [0.25, 0.3) is 0 Å². The van der Waals surface area contributed by atoms with Crippen LogP contribution in [0.15, 0.2) is 72.8 Å². The third-order valence-electron chi connectivity index (χ3n) is 7.39. The summed E-state index contributed by atoms with van der Waals surface area (Å²) in [4.78, 5) is 2.21. The van der Waals surface area contributed by atoms with Crippen molar-refractivity contribution in [1.82, 2.24) is 0 Å². The smallest absolute Gasteiger partial charge is 0.416 e. The number of benzene rings is 3. The molecule has 0 heterocycles. The maximum atomic E-state index is 13.0.